The Morgan fingerprint density at radius 1 is 1.33 bits per heavy atom. The third-order valence-electron chi connectivity index (χ3n) is 4.43. The standard InChI is InChI=1S/C16H26FN3O/c1-4-11(5-2)14-9-12(7-8-21-14)20-16-15(17)13(6-3)18-10-19-16/h10-12,14H,4-9H2,1-3H3,(H,18,19,20). The van der Waals surface area contributed by atoms with Crippen molar-refractivity contribution in [2.75, 3.05) is 11.9 Å². The first-order valence-corrected chi connectivity index (χ1v) is 8.07. The highest BCUT2D eigenvalue weighted by Crippen LogP contribution is 2.27. The smallest absolute Gasteiger partial charge is 0.186 e. The predicted molar refractivity (Wildman–Crippen MR) is 81.8 cm³/mol. The lowest BCUT2D eigenvalue weighted by Crippen LogP contribution is -2.38. The Balaban J connectivity index is 2.03. The quantitative estimate of drug-likeness (QED) is 0.871. The minimum Gasteiger partial charge on any atom is -0.378 e. The van der Waals surface area contributed by atoms with Crippen molar-refractivity contribution in [3.8, 4) is 0 Å². The zero-order chi connectivity index (χ0) is 15.2. The first-order chi connectivity index (χ1) is 10.2. The van der Waals surface area contributed by atoms with E-state index >= 15 is 0 Å². The highest BCUT2D eigenvalue weighted by molar-refractivity contribution is 5.38. The van der Waals surface area contributed by atoms with Crippen LogP contribution in [-0.4, -0.2) is 28.7 Å². The molecule has 1 aromatic heterocycles. The van der Waals surface area contributed by atoms with Crippen LogP contribution in [0.5, 0.6) is 0 Å². The number of hydrogen-bond acceptors (Lipinski definition) is 4. The molecule has 1 saturated heterocycles. The average molecular weight is 295 g/mol. The van der Waals surface area contributed by atoms with Crippen LogP contribution in [0.3, 0.4) is 0 Å². The predicted octanol–water partition coefficient (Wildman–Crippen LogP) is 3.57. The van der Waals surface area contributed by atoms with Gasteiger partial charge >= 0.3 is 0 Å². The van der Waals surface area contributed by atoms with Gasteiger partial charge in [0.15, 0.2) is 11.6 Å². The van der Waals surface area contributed by atoms with E-state index in [1.807, 2.05) is 6.92 Å². The second-order valence-electron chi connectivity index (χ2n) is 5.69. The Hall–Kier alpha value is -1.23. The summed E-state index contributed by atoms with van der Waals surface area (Å²) in [4.78, 5) is 8.02. The molecule has 0 saturated carbocycles. The van der Waals surface area contributed by atoms with Crippen molar-refractivity contribution in [2.24, 2.45) is 5.92 Å². The summed E-state index contributed by atoms with van der Waals surface area (Å²) < 4.78 is 20.1. The van der Waals surface area contributed by atoms with Gasteiger partial charge in [-0.1, -0.05) is 33.6 Å². The highest BCUT2D eigenvalue weighted by atomic mass is 19.1. The summed E-state index contributed by atoms with van der Waals surface area (Å²) in [5.74, 6) is 0.596. The van der Waals surface area contributed by atoms with Crippen LogP contribution in [0.1, 0.15) is 52.1 Å². The van der Waals surface area contributed by atoms with E-state index in [1.54, 1.807) is 0 Å². The van der Waals surface area contributed by atoms with Crippen molar-refractivity contribution >= 4 is 5.82 Å². The summed E-state index contributed by atoms with van der Waals surface area (Å²) in [7, 11) is 0. The van der Waals surface area contributed by atoms with Crippen molar-refractivity contribution in [2.45, 2.75) is 65.0 Å². The number of rotatable bonds is 6. The molecule has 2 rings (SSSR count). The molecule has 2 heterocycles. The third kappa shape index (κ3) is 3.90. The molecule has 4 nitrogen and oxygen atoms in total. The molecule has 0 radical (unpaired) electrons. The van der Waals surface area contributed by atoms with Gasteiger partial charge in [0.25, 0.3) is 0 Å². The van der Waals surface area contributed by atoms with Crippen LogP contribution in [0.15, 0.2) is 6.33 Å². The largest absolute Gasteiger partial charge is 0.378 e. The molecule has 0 spiro atoms. The van der Waals surface area contributed by atoms with Crippen LogP contribution < -0.4 is 5.32 Å². The summed E-state index contributed by atoms with van der Waals surface area (Å²) in [6.07, 6.45) is 6.32. The molecule has 1 N–H and O–H groups in total. The Morgan fingerprint density at radius 2 is 2.10 bits per heavy atom. The highest BCUT2D eigenvalue weighted by Gasteiger charge is 2.28. The maximum atomic E-state index is 14.2. The van der Waals surface area contributed by atoms with Crippen molar-refractivity contribution in [3.05, 3.63) is 17.8 Å². The Labute approximate surface area is 126 Å². The van der Waals surface area contributed by atoms with E-state index in [0.717, 1.165) is 32.3 Å². The van der Waals surface area contributed by atoms with Gasteiger partial charge in [0, 0.05) is 12.6 Å². The lowest BCUT2D eigenvalue weighted by Gasteiger charge is -2.34. The van der Waals surface area contributed by atoms with Crippen LogP contribution in [-0.2, 0) is 11.2 Å². The number of aryl methyl sites for hydroxylation is 1. The average Bonchev–Trinajstić information content (AvgIpc) is 2.51. The first-order valence-electron chi connectivity index (χ1n) is 8.07. The normalized spacial score (nSPS) is 22.5. The van der Waals surface area contributed by atoms with Crippen LogP contribution in [0, 0.1) is 11.7 Å². The zero-order valence-corrected chi connectivity index (χ0v) is 13.2. The number of aromatic nitrogens is 2. The summed E-state index contributed by atoms with van der Waals surface area (Å²) in [5, 5.41) is 3.25. The van der Waals surface area contributed by atoms with E-state index in [-0.39, 0.29) is 18.0 Å². The Morgan fingerprint density at radius 3 is 2.76 bits per heavy atom. The SMILES string of the molecule is CCc1ncnc(NC2CCOC(C(CC)CC)C2)c1F. The second kappa shape index (κ2) is 7.69. The van der Waals surface area contributed by atoms with Gasteiger partial charge in [-0.2, -0.15) is 0 Å². The van der Waals surface area contributed by atoms with Gasteiger partial charge in [0.2, 0.25) is 0 Å². The Bertz CT molecular complexity index is 451. The van der Waals surface area contributed by atoms with E-state index in [9.17, 15) is 4.39 Å². The molecular formula is C16H26FN3O. The number of halogens is 1. The maximum Gasteiger partial charge on any atom is 0.186 e. The van der Waals surface area contributed by atoms with Crippen molar-refractivity contribution < 1.29 is 9.13 Å². The zero-order valence-electron chi connectivity index (χ0n) is 13.2. The van der Waals surface area contributed by atoms with Gasteiger partial charge in [-0.3, -0.25) is 0 Å². The second-order valence-corrected chi connectivity index (χ2v) is 5.69. The molecule has 2 unspecified atom stereocenters. The molecular weight excluding hydrogens is 269 g/mol. The first kappa shape index (κ1) is 16.1. The van der Waals surface area contributed by atoms with Crippen LogP contribution >= 0.6 is 0 Å². The molecule has 1 aliphatic rings. The summed E-state index contributed by atoms with van der Waals surface area (Å²) in [6.45, 7) is 7.03. The number of nitrogens with zero attached hydrogens (tertiary/aromatic N) is 2. The topological polar surface area (TPSA) is 47.0 Å². The molecule has 0 bridgehead atoms. The molecule has 118 valence electrons. The van der Waals surface area contributed by atoms with Gasteiger partial charge < -0.3 is 10.1 Å². The summed E-state index contributed by atoms with van der Waals surface area (Å²) in [5.41, 5.74) is 0.469. The third-order valence-corrected chi connectivity index (χ3v) is 4.43. The minimum absolute atomic E-state index is 0.221. The summed E-state index contributed by atoms with van der Waals surface area (Å²) >= 11 is 0. The van der Waals surface area contributed by atoms with E-state index in [4.69, 9.17) is 4.74 Å². The molecule has 1 fully saturated rings. The number of nitrogens with one attached hydrogen (secondary N) is 1. The number of ether oxygens (including phenoxy) is 1. The van der Waals surface area contributed by atoms with Crippen LogP contribution in [0.4, 0.5) is 10.2 Å². The fourth-order valence-corrected chi connectivity index (χ4v) is 3.05. The number of hydrogen-bond donors (Lipinski definition) is 1. The molecule has 0 aliphatic carbocycles. The molecule has 2 atom stereocenters. The van der Waals surface area contributed by atoms with Crippen molar-refractivity contribution in [1.82, 2.24) is 9.97 Å². The van der Waals surface area contributed by atoms with Crippen molar-refractivity contribution in [1.29, 1.82) is 0 Å². The summed E-state index contributed by atoms with van der Waals surface area (Å²) in [6, 6.07) is 0.221. The van der Waals surface area contributed by atoms with Crippen molar-refractivity contribution in [3.63, 3.8) is 0 Å². The fraction of sp³-hybridized carbons (Fsp3) is 0.750. The fourth-order valence-electron chi connectivity index (χ4n) is 3.05. The number of anilines is 1. The Kier molecular flexibility index (Phi) is 5.91. The molecule has 1 aromatic rings. The maximum absolute atomic E-state index is 14.2. The van der Waals surface area contributed by atoms with E-state index in [2.05, 4.69) is 29.1 Å². The van der Waals surface area contributed by atoms with Gasteiger partial charge in [-0.05, 0) is 25.2 Å². The van der Waals surface area contributed by atoms with Gasteiger partial charge in [-0.25, -0.2) is 14.4 Å². The van der Waals surface area contributed by atoms with E-state index in [1.165, 1.54) is 6.33 Å². The van der Waals surface area contributed by atoms with Gasteiger partial charge in [-0.15, -0.1) is 0 Å². The molecule has 5 heteroatoms. The monoisotopic (exact) mass is 295 g/mol. The molecule has 1 aliphatic heterocycles. The van der Waals surface area contributed by atoms with Crippen LogP contribution in [0.2, 0.25) is 0 Å². The van der Waals surface area contributed by atoms with E-state index in [0.29, 0.717) is 23.9 Å². The minimum atomic E-state index is -0.314. The molecule has 21 heavy (non-hydrogen) atoms. The molecule has 0 aromatic carbocycles. The van der Waals surface area contributed by atoms with Crippen LogP contribution in [0.25, 0.3) is 0 Å². The van der Waals surface area contributed by atoms with Gasteiger partial charge in [0.1, 0.15) is 6.33 Å². The lowest BCUT2D eigenvalue weighted by molar-refractivity contribution is -0.0271. The van der Waals surface area contributed by atoms with E-state index < -0.39 is 0 Å². The van der Waals surface area contributed by atoms with Gasteiger partial charge in [0.05, 0.1) is 11.8 Å². The molecule has 0 amide bonds. The lowest BCUT2D eigenvalue weighted by atomic mass is 9.89.